The molecule has 0 fully saturated rings. The van der Waals surface area contributed by atoms with E-state index in [0.717, 1.165) is 22.9 Å². The molecule has 0 bridgehead atoms. The van der Waals surface area contributed by atoms with Crippen molar-refractivity contribution in [2.75, 3.05) is 6.61 Å². The average Bonchev–Trinajstić information content (AvgIpc) is 2.65. The van der Waals surface area contributed by atoms with Crippen LogP contribution in [0.4, 0.5) is 0 Å². The van der Waals surface area contributed by atoms with E-state index in [9.17, 15) is 9.59 Å². The Labute approximate surface area is 162 Å². The van der Waals surface area contributed by atoms with E-state index >= 15 is 0 Å². The fourth-order valence-corrected chi connectivity index (χ4v) is 2.60. The number of ether oxygens (including phenoxy) is 1. The molecule has 0 heterocycles. The van der Waals surface area contributed by atoms with Crippen LogP contribution in [0.2, 0.25) is 0 Å². The summed E-state index contributed by atoms with van der Waals surface area (Å²) in [4.78, 5) is 23.5. The van der Waals surface area contributed by atoms with Crippen molar-refractivity contribution >= 4 is 33.9 Å². The van der Waals surface area contributed by atoms with E-state index in [1.807, 2.05) is 49.4 Å². The van der Waals surface area contributed by atoms with Gasteiger partial charge in [-0.1, -0.05) is 58.4 Å². The smallest absolute Gasteiger partial charge is 0.331 e. The predicted octanol–water partition coefficient (Wildman–Crippen LogP) is 4.14. The molecule has 0 spiro atoms. The minimum absolute atomic E-state index is 0.0136. The number of carbonyl (C=O) groups excluding carboxylic acids is 2. The molecule has 136 valence electrons. The van der Waals surface area contributed by atoms with E-state index in [0.29, 0.717) is 0 Å². The number of nitrogens with one attached hydrogen (secondary N) is 1. The molecule has 1 amide bonds. The number of halogens is 1. The van der Waals surface area contributed by atoms with Crippen LogP contribution < -0.4 is 5.32 Å². The van der Waals surface area contributed by atoms with Crippen LogP contribution in [0.5, 0.6) is 0 Å². The highest BCUT2D eigenvalue weighted by Gasteiger charge is 2.09. The van der Waals surface area contributed by atoms with Crippen LogP contribution >= 0.6 is 15.9 Å². The lowest BCUT2D eigenvalue weighted by Gasteiger charge is -2.13. The fourth-order valence-electron chi connectivity index (χ4n) is 2.34. The molecular formula is C21H22BrNO3. The highest BCUT2D eigenvalue weighted by Crippen LogP contribution is 2.11. The summed E-state index contributed by atoms with van der Waals surface area (Å²) >= 11 is 3.35. The number of carbonyl (C=O) groups is 2. The SMILES string of the molecule is C[C@H](CCc1ccccc1)NC(=O)COC(=O)/C=C/c1ccc(Br)cc1. The van der Waals surface area contributed by atoms with Gasteiger partial charge in [-0.15, -0.1) is 0 Å². The Kier molecular flexibility index (Phi) is 8.09. The summed E-state index contributed by atoms with van der Waals surface area (Å²) in [5.41, 5.74) is 2.11. The Morgan fingerprint density at radius 3 is 2.50 bits per heavy atom. The number of benzene rings is 2. The molecular weight excluding hydrogens is 394 g/mol. The second-order valence-electron chi connectivity index (χ2n) is 5.99. The lowest BCUT2D eigenvalue weighted by molar-refractivity contribution is -0.144. The molecule has 0 radical (unpaired) electrons. The maximum Gasteiger partial charge on any atom is 0.331 e. The highest BCUT2D eigenvalue weighted by molar-refractivity contribution is 9.10. The van der Waals surface area contributed by atoms with Gasteiger partial charge in [-0.25, -0.2) is 4.79 Å². The van der Waals surface area contributed by atoms with E-state index in [-0.39, 0.29) is 18.6 Å². The summed E-state index contributed by atoms with van der Waals surface area (Å²) in [7, 11) is 0. The Bertz CT molecular complexity index is 742. The van der Waals surface area contributed by atoms with Crippen LogP contribution in [0, 0.1) is 0 Å². The van der Waals surface area contributed by atoms with Crippen molar-refractivity contribution in [2.45, 2.75) is 25.8 Å². The number of hydrogen-bond acceptors (Lipinski definition) is 3. The van der Waals surface area contributed by atoms with Gasteiger partial charge in [-0.2, -0.15) is 0 Å². The van der Waals surface area contributed by atoms with Crippen LogP contribution in [0.15, 0.2) is 65.1 Å². The first-order chi connectivity index (χ1) is 12.5. The molecule has 2 rings (SSSR count). The van der Waals surface area contributed by atoms with Crippen LogP contribution in [-0.2, 0) is 20.7 Å². The van der Waals surface area contributed by atoms with Crippen molar-refractivity contribution in [2.24, 2.45) is 0 Å². The zero-order valence-corrected chi connectivity index (χ0v) is 16.2. The molecule has 5 heteroatoms. The van der Waals surface area contributed by atoms with Crippen LogP contribution in [0.3, 0.4) is 0 Å². The summed E-state index contributed by atoms with van der Waals surface area (Å²) in [6.45, 7) is 1.66. The first kappa shape index (κ1) is 19.9. The summed E-state index contributed by atoms with van der Waals surface area (Å²) in [5.74, 6) is -0.837. The van der Waals surface area contributed by atoms with Crippen molar-refractivity contribution < 1.29 is 14.3 Å². The largest absolute Gasteiger partial charge is 0.452 e. The van der Waals surface area contributed by atoms with Crippen molar-refractivity contribution in [1.29, 1.82) is 0 Å². The third-order valence-corrected chi connectivity index (χ3v) is 4.27. The van der Waals surface area contributed by atoms with E-state index in [2.05, 4.69) is 33.4 Å². The molecule has 0 aromatic heterocycles. The normalized spacial score (nSPS) is 11.9. The van der Waals surface area contributed by atoms with Gasteiger partial charge in [0, 0.05) is 16.6 Å². The first-order valence-electron chi connectivity index (χ1n) is 8.46. The molecule has 4 nitrogen and oxygen atoms in total. The van der Waals surface area contributed by atoms with Crippen LogP contribution in [0.25, 0.3) is 6.08 Å². The van der Waals surface area contributed by atoms with Crippen LogP contribution in [0.1, 0.15) is 24.5 Å². The molecule has 26 heavy (non-hydrogen) atoms. The van der Waals surface area contributed by atoms with Gasteiger partial charge in [0.2, 0.25) is 0 Å². The third kappa shape index (κ3) is 7.66. The highest BCUT2D eigenvalue weighted by atomic mass is 79.9. The summed E-state index contributed by atoms with van der Waals surface area (Å²) in [5, 5.41) is 2.84. The molecule has 2 aromatic rings. The maximum atomic E-state index is 11.9. The van der Waals surface area contributed by atoms with Crippen molar-refractivity contribution in [1.82, 2.24) is 5.32 Å². The summed E-state index contributed by atoms with van der Waals surface area (Å²) in [6, 6.07) is 17.6. The quantitative estimate of drug-likeness (QED) is 0.520. The van der Waals surface area contributed by atoms with E-state index in [1.54, 1.807) is 6.08 Å². The lowest BCUT2D eigenvalue weighted by atomic mass is 10.1. The van der Waals surface area contributed by atoms with E-state index in [1.165, 1.54) is 11.6 Å². The van der Waals surface area contributed by atoms with Crippen molar-refractivity contribution in [3.8, 4) is 0 Å². The number of aryl methyl sites for hydroxylation is 1. The molecule has 0 aliphatic carbocycles. The zero-order valence-electron chi connectivity index (χ0n) is 14.7. The van der Waals surface area contributed by atoms with Crippen LogP contribution in [-0.4, -0.2) is 24.5 Å². The Morgan fingerprint density at radius 2 is 1.81 bits per heavy atom. The molecule has 1 atom stereocenters. The zero-order chi connectivity index (χ0) is 18.8. The Balaban J connectivity index is 1.67. The minimum atomic E-state index is -0.542. The van der Waals surface area contributed by atoms with Gasteiger partial charge in [0.15, 0.2) is 6.61 Å². The number of rotatable bonds is 8. The van der Waals surface area contributed by atoms with E-state index < -0.39 is 5.97 Å². The Morgan fingerprint density at radius 1 is 1.12 bits per heavy atom. The van der Waals surface area contributed by atoms with Gasteiger partial charge in [-0.05, 0) is 49.1 Å². The molecule has 0 saturated carbocycles. The summed E-state index contributed by atoms with van der Waals surface area (Å²) < 4.78 is 5.93. The molecule has 0 unspecified atom stereocenters. The number of hydrogen-bond donors (Lipinski definition) is 1. The van der Waals surface area contributed by atoms with Gasteiger partial charge < -0.3 is 10.1 Å². The number of esters is 1. The number of amides is 1. The van der Waals surface area contributed by atoms with Crippen molar-refractivity contribution in [3.63, 3.8) is 0 Å². The molecule has 1 N–H and O–H groups in total. The van der Waals surface area contributed by atoms with Gasteiger partial charge >= 0.3 is 5.97 Å². The summed E-state index contributed by atoms with van der Waals surface area (Å²) in [6.07, 6.45) is 4.68. The molecule has 0 saturated heterocycles. The third-order valence-electron chi connectivity index (χ3n) is 3.74. The average molecular weight is 416 g/mol. The minimum Gasteiger partial charge on any atom is -0.452 e. The molecule has 0 aliphatic rings. The second kappa shape index (κ2) is 10.6. The first-order valence-corrected chi connectivity index (χ1v) is 9.26. The van der Waals surface area contributed by atoms with Gasteiger partial charge in [-0.3, -0.25) is 4.79 Å². The Hall–Kier alpha value is -2.40. The molecule has 0 aliphatic heterocycles. The monoisotopic (exact) mass is 415 g/mol. The van der Waals surface area contributed by atoms with E-state index in [4.69, 9.17) is 4.74 Å². The van der Waals surface area contributed by atoms with Gasteiger partial charge in [0.25, 0.3) is 5.91 Å². The lowest BCUT2D eigenvalue weighted by Crippen LogP contribution is -2.36. The van der Waals surface area contributed by atoms with Crippen molar-refractivity contribution in [3.05, 3.63) is 76.3 Å². The molecule has 2 aromatic carbocycles. The second-order valence-corrected chi connectivity index (χ2v) is 6.90. The van der Waals surface area contributed by atoms with Gasteiger partial charge in [0.1, 0.15) is 0 Å². The van der Waals surface area contributed by atoms with Gasteiger partial charge in [0.05, 0.1) is 0 Å². The fraction of sp³-hybridized carbons (Fsp3) is 0.238. The topological polar surface area (TPSA) is 55.4 Å². The predicted molar refractivity (Wildman–Crippen MR) is 107 cm³/mol. The standard InChI is InChI=1S/C21H22BrNO3/c1-16(7-8-17-5-3-2-4-6-17)23-20(24)15-26-21(25)14-11-18-9-12-19(22)13-10-18/h2-6,9-14,16H,7-8,15H2,1H3,(H,23,24)/b14-11+/t16-/m1/s1. The maximum absolute atomic E-state index is 11.9.